The third kappa shape index (κ3) is 6.27. The first-order valence-corrected chi connectivity index (χ1v) is 9.78. The number of rotatable bonds is 0. The summed E-state index contributed by atoms with van der Waals surface area (Å²) in [5.74, 6) is 0.482. The van der Waals surface area contributed by atoms with Crippen LogP contribution in [0.2, 0.25) is 0 Å². The van der Waals surface area contributed by atoms with Crippen LogP contribution in [-0.4, -0.2) is 18.3 Å². The van der Waals surface area contributed by atoms with Gasteiger partial charge in [0.15, 0.2) is 0 Å². The second-order valence-electron chi connectivity index (χ2n) is 8.65. The van der Waals surface area contributed by atoms with E-state index in [0.717, 1.165) is 19.3 Å². The molecule has 0 saturated heterocycles. The summed E-state index contributed by atoms with van der Waals surface area (Å²) in [6, 6.07) is 0. The van der Waals surface area contributed by atoms with Gasteiger partial charge in [-0.05, 0) is 43.9 Å². The maximum Gasteiger partial charge on any atom is 0.306 e. The molecule has 0 fully saturated rings. The lowest BCUT2D eigenvalue weighted by atomic mass is 9.67. The van der Waals surface area contributed by atoms with Crippen molar-refractivity contribution >= 4 is 11.8 Å². The Bertz CT molecular complexity index is 523. The third-order valence-corrected chi connectivity index (χ3v) is 6.45. The summed E-state index contributed by atoms with van der Waals surface area (Å²) in [4.78, 5) is 25.3. The highest BCUT2D eigenvalue weighted by molar-refractivity contribution is 5.87. The van der Waals surface area contributed by atoms with Gasteiger partial charge in [-0.2, -0.15) is 0 Å². The van der Waals surface area contributed by atoms with Crippen LogP contribution in [0.4, 0.5) is 0 Å². The van der Waals surface area contributed by atoms with Gasteiger partial charge in [0.1, 0.15) is 5.78 Å². The predicted molar refractivity (Wildman–Crippen MR) is 103 cm³/mol. The largest absolute Gasteiger partial charge is 0.465 e. The smallest absolute Gasteiger partial charge is 0.306 e. The summed E-state index contributed by atoms with van der Waals surface area (Å²) in [6.07, 6.45) is 5.79. The molecule has 0 aromatic rings. The van der Waals surface area contributed by atoms with E-state index < -0.39 is 12.0 Å². The molecule has 3 nitrogen and oxygen atoms in total. The maximum atomic E-state index is 13.2. The van der Waals surface area contributed by atoms with Gasteiger partial charge in [0.05, 0.1) is 7.95 Å². The van der Waals surface area contributed by atoms with E-state index in [2.05, 4.69) is 20.8 Å². The molecular weight excluding hydrogens is 312 g/mol. The quantitative estimate of drug-likeness (QED) is 0.423. The predicted octanol–water partition coefficient (Wildman–Crippen LogP) is 5.58. The molecule has 25 heavy (non-hydrogen) atoms. The fourth-order valence-corrected chi connectivity index (χ4v) is 3.57. The van der Waals surface area contributed by atoms with Gasteiger partial charge in [-0.15, -0.1) is 0 Å². The Morgan fingerprint density at radius 1 is 1.20 bits per heavy atom. The van der Waals surface area contributed by atoms with Crippen LogP contribution in [0.5, 0.6) is 0 Å². The number of Topliss-reactive ketones (excluding diaryl/α,β-unsaturated/α-hetero) is 1. The average molecular weight is 352 g/mol. The van der Waals surface area contributed by atoms with Gasteiger partial charge in [-0.3, -0.25) is 9.59 Å². The van der Waals surface area contributed by atoms with Crippen LogP contribution in [0.15, 0.2) is 11.6 Å². The monoisotopic (exact) mass is 351 g/mol. The van der Waals surface area contributed by atoms with E-state index in [4.69, 9.17) is 6.11 Å². The highest BCUT2D eigenvalue weighted by Crippen LogP contribution is 2.37. The molecule has 1 rings (SSSR count). The molecule has 5 atom stereocenters. The van der Waals surface area contributed by atoms with Crippen LogP contribution < -0.4 is 0 Å². The Balaban J connectivity index is 3.03. The van der Waals surface area contributed by atoms with E-state index in [1.807, 2.05) is 33.8 Å². The molecular formula is C22H38O3. The standard InChI is InChI=1S/C22H38O3/c1-15-10-8-12-16(2)18(4)19(5)21(24)22(6,7)17(3)14-20(23)25-13-9-11-15/h11,16-19H,8-10,12-14H2,1-7H3/b15-11-/t16-,17+,18+,19-/m1/s1/i13D/t13-,16-,17+,18+,19-. The van der Waals surface area contributed by atoms with Crippen molar-refractivity contribution < 1.29 is 15.7 Å². The van der Waals surface area contributed by atoms with Crippen molar-refractivity contribution in [2.24, 2.45) is 29.1 Å². The Hall–Kier alpha value is -1.12. The van der Waals surface area contributed by atoms with Crippen LogP contribution in [0.25, 0.3) is 0 Å². The van der Waals surface area contributed by atoms with E-state index in [1.165, 1.54) is 5.57 Å². The molecule has 0 aliphatic carbocycles. The van der Waals surface area contributed by atoms with E-state index >= 15 is 0 Å². The van der Waals surface area contributed by atoms with Gasteiger partial charge in [-0.1, -0.05) is 59.6 Å². The number of ketones is 1. The molecule has 0 spiro atoms. The Morgan fingerprint density at radius 3 is 2.48 bits per heavy atom. The van der Waals surface area contributed by atoms with E-state index in [1.54, 1.807) is 0 Å². The summed E-state index contributed by atoms with van der Waals surface area (Å²) in [7, 11) is 0. The first-order chi connectivity index (χ1) is 12.0. The third-order valence-electron chi connectivity index (χ3n) is 6.45. The molecule has 1 heterocycles. The van der Waals surface area contributed by atoms with Gasteiger partial charge >= 0.3 is 5.97 Å². The maximum absolute atomic E-state index is 13.2. The van der Waals surface area contributed by atoms with Crippen LogP contribution in [0, 0.1) is 29.1 Å². The number of allylic oxidation sites excluding steroid dienone is 1. The van der Waals surface area contributed by atoms with E-state index in [9.17, 15) is 9.59 Å². The van der Waals surface area contributed by atoms with Gasteiger partial charge in [0, 0.05) is 17.8 Å². The molecule has 1 aliphatic heterocycles. The molecule has 3 heteroatoms. The number of cyclic esters (lactones) is 1. The molecule has 0 aromatic heterocycles. The number of esters is 1. The Kier molecular flexibility index (Phi) is 7.71. The van der Waals surface area contributed by atoms with Gasteiger partial charge in [-0.25, -0.2) is 0 Å². The Labute approximate surface area is 156 Å². The van der Waals surface area contributed by atoms with Crippen LogP contribution in [-0.2, 0) is 14.3 Å². The minimum Gasteiger partial charge on any atom is -0.465 e. The van der Waals surface area contributed by atoms with Crippen LogP contribution in [0.1, 0.15) is 81.9 Å². The number of ether oxygens (including phenoxy) is 1. The zero-order valence-corrected chi connectivity index (χ0v) is 17.2. The zero-order chi connectivity index (χ0) is 20.1. The van der Waals surface area contributed by atoms with E-state index in [0.29, 0.717) is 18.3 Å². The topological polar surface area (TPSA) is 43.4 Å². The average Bonchev–Trinajstić information content (AvgIpc) is 2.56. The van der Waals surface area contributed by atoms with Crippen molar-refractivity contribution in [2.75, 3.05) is 6.58 Å². The molecule has 0 N–H and O–H groups in total. The summed E-state index contributed by atoms with van der Waals surface area (Å²) >= 11 is 0. The summed E-state index contributed by atoms with van der Waals surface area (Å²) in [5.41, 5.74) is 0.654. The van der Waals surface area contributed by atoms with Crippen molar-refractivity contribution in [3.63, 3.8) is 0 Å². The first kappa shape index (κ1) is 20.2. The van der Waals surface area contributed by atoms with E-state index in [-0.39, 0.29) is 30.0 Å². The number of carbonyl (C=O) groups excluding carboxylic acids is 2. The zero-order valence-electron chi connectivity index (χ0n) is 18.2. The van der Waals surface area contributed by atoms with Crippen molar-refractivity contribution in [3.05, 3.63) is 11.6 Å². The summed E-state index contributed by atoms with van der Waals surface area (Å²) in [6.45, 7) is 13.5. The van der Waals surface area contributed by atoms with Crippen molar-refractivity contribution in [1.29, 1.82) is 0 Å². The summed E-state index contributed by atoms with van der Waals surface area (Å²) < 4.78 is 13.2. The van der Waals surface area contributed by atoms with Crippen molar-refractivity contribution in [1.82, 2.24) is 0 Å². The van der Waals surface area contributed by atoms with Crippen LogP contribution in [0.3, 0.4) is 0 Å². The molecule has 0 amide bonds. The second-order valence-corrected chi connectivity index (χ2v) is 8.65. The molecule has 0 bridgehead atoms. The van der Waals surface area contributed by atoms with Gasteiger partial charge < -0.3 is 4.74 Å². The molecule has 0 unspecified atom stereocenters. The van der Waals surface area contributed by atoms with Crippen molar-refractivity contribution in [3.8, 4) is 0 Å². The Morgan fingerprint density at radius 2 is 1.84 bits per heavy atom. The fraction of sp³-hybridized carbons (Fsp3) is 0.818. The highest BCUT2D eigenvalue weighted by Gasteiger charge is 2.39. The van der Waals surface area contributed by atoms with Gasteiger partial charge in [0.25, 0.3) is 0 Å². The molecule has 0 radical (unpaired) electrons. The minimum absolute atomic E-state index is 0.0352. The second kappa shape index (κ2) is 9.54. The normalized spacial score (nSPS) is 39.1. The highest BCUT2D eigenvalue weighted by atomic mass is 16.5. The van der Waals surface area contributed by atoms with Crippen molar-refractivity contribution in [2.45, 2.75) is 80.6 Å². The number of carbonyl (C=O) groups is 2. The number of hydrogen-bond donors (Lipinski definition) is 0. The summed E-state index contributed by atoms with van der Waals surface area (Å²) in [5, 5.41) is 0. The molecule has 144 valence electrons. The molecule has 0 saturated carbocycles. The molecule has 1 aliphatic rings. The minimum atomic E-state index is -0.866. The molecule has 0 aromatic carbocycles. The number of hydrogen-bond acceptors (Lipinski definition) is 3. The lowest BCUT2D eigenvalue weighted by molar-refractivity contribution is -0.147. The first-order valence-electron chi connectivity index (χ1n) is 10.4. The SMILES string of the molecule is [2H][C@@H]1C/C=C(/C)CCC[C@@H](C)[C@H](C)[C@@H](C)C(=O)C(C)(C)[C@@H](C)CC(=O)O1. The lowest BCUT2D eigenvalue weighted by Gasteiger charge is -2.35. The van der Waals surface area contributed by atoms with Gasteiger partial charge in [0.2, 0.25) is 0 Å². The van der Waals surface area contributed by atoms with Crippen LogP contribution >= 0.6 is 0 Å². The lowest BCUT2D eigenvalue weighted by Crippen LogP contribution is -2.39. The fourth-order valence-electron chi connectivity index (χ4n) is 3.57.